The zero-order chi connectivity index (χ0) is 14.5. The molecule has 0 unspecified atom stereocenters. The second kappa shape index (κ2) is 6.36. The summed E-state index contributed by atoms with van der Waals surface area (Å²) < 4.78 is 13.2. The Morgan fingerprint density at radius 2 is 2.10 bits per heavy atom. The number of anilines is 1. The highest BCUT2D eigenvalue weighted by atomic mass is 19.1. The topological polar surface area (TPSA) is 84.2 Å². The summed E-state index contributed by atoms with van der Waals surface area (Å²) in [5.41, 5.74) is 5.46. The van der Waals surface area contributed by atoms with Crippen LogP contribution in [0.1, 0.15) is 36.0 Å². The number of nitrogens with one attached hydrogen (secondary N) is 2. The minimum absolute atomic E-state index is 0.00650. The predicted molar refractivity (Wildman–Crippen MR) is 73.5 cm³/mol. The Bertz CT molecular complexity index is 515. The lowest BCUT2D eigenvalue weighted by Crippen LogP contribution is -2.28. The second-order valence-corrected chi connectivity index (χ2v) is 4.90. The predicted octanol–water partition coefficient (Wildman–Crippen LogP) is 1.20. The van der Waals surface area contributed by atoms with Crippen LogP contribution in [0.5, 0.6) is 0 Å². The molecule has 2 rings (SSSR count). The molecular weight excluding hydrogens is 261 g/mol. The Kier molecular flexibility index (Phi) is 4.55. The molecule has 1 saturated carbocycles. The van der Waals surface area contributed by atoms with Gasteiger partial charge in [-0.3, -0.25) is 9.59 Å². The quantitative estimate of drug-likeness (QED) is 0.540. The van der Waals surface area contributed by atoms with E-state index in [4.69, 9.17) is 5.73 Å². The van der Waals surface area contributed by atoms with E-state index in [0.717, 1.165) is 12.8 Å². The van der Waals surface area contributed by atoms with Crippen LogP contribution in [0.3, 0.4) is 0 Å². The number of carbonyl (C=O) groups is 2. The minimum atomic E-state index is -0.610. The van der Waals surface area contributed by atoms with Gasteiger partial charge in [-0.05, 0) is 31.4 Å². The lowest BCUT2D eigenvalue weighted by atomic mass is 10.1. The molecule has 0 radical (unpaired) electrons. The van der Waals surface area contributed by atoms with Crippen molar-refractivity contribution < 1.29 is 14.0 Å². The number of nitrogen functional groups attached to an aromatic ring is 1. The van der Waals surface area contributed by atoms with E-state index in [9.17, 15) is 14.0 Å². The number of carbonyl (C=O) groups excluding carboxylic acids is 2. The van der Waals surface area contributed by atoms with Crippen molar-refractivity contribution in [2.75, 3.05) is 12.3 Å². The van der Waals surface area contributed by atoms with Crippen molar-refractivity contribution in [1.82, 2.24) is 10.6 Å². The van der Waals surface area contributed by atoms with Crippen LogP contribution in [-0.4, -0.2) is 24.4 Å². The van der Waals surface area contributed by atoms with E-state index in [-0.39, 0.29) is 17.2 Å². The van der Waals surface area contributed by atoms with Crippen LogP contribution in [0.4, 0.5) is 10.1 Å². The summed E-state index contributed by atoms with van der Waals surface area (Å²) in [6.45, 7) is 0.354. The molecule has 108 valence electrons. The minimum Gasteiger partial charge on any atom is -0.396 e. The van der Waals surface area contributed by atoms with Crippen molar-refractivity contribution in [3.05, 3.63) is 29.6 Å². The molecule has 4 N–H and O–H groups in total. The number of rotatable bonds is 6. The van der Waals surface area contributed by atoms with Gasteiger partial charge in [0.1, 0.15) is 5.82 Å². The molecule has 20 heavy (non-hydrogen) atoms. The van der Waals surface area contributed by atoms with Gasteiger partial charge in [-0.15, -0.1) is 0 Å². The maximum Gasteiger partial charge on any atom is 0.253 e. The highest BCUT2D eigenvalue weighted by molar-refractivity contribution is 5.99. The molecule has 0 aliphatic heterocycles. The number of para-hydroxylation sites is 1. The SMILES string of the molecule is Nc1c(F)cccc1C(=O)NCCCC(=O)NC1CC1. The molecule has 0 bridgehead atoms. The van der Waals surface area contributed by atoms with Crippen LogP contribution in [0.2, 0.25) is 0 Å². The summed E-state index contributed by atoms with van der Waals surface area (Å²) in [6, 6.07) is 4.45. The number of hydrogen-bond donors (Lipinski definition) is 3. The molecule has 1 aliphatic rings. The van der Waals surface area contributed by atoms with E-state index in [1.807, 2.05) is 0 Å². The largest absolute Gasteiger partial charge is 0.396 e. The first-order valence-electron chi connectivity index (χ1n) is 6.69. The lowest BCUT2D eigenvalue weighted by molar-refractivity contribution is -0.121. The molecule has 6 heteroatoms. The van der Waals surface area contributed by atoms with Crippen molar-refractivity contribution in [3.8, 4) is 0 Å². The van der Waals surface area contributed by atoms with Crippen LogP contribution in [0.25, 0.3) is 0 Å². The number of amides is 2. The van der Waals surface area contributed by atoms with Gasteiger partial charge < -0.3 is 16.4 Å². The first-order chi connectivity index (χ1) is 9.58. The summed E-state index contributed by atoms with van der Waals surface area (Å²) in [6.07, 6.45) is 3.03. The lowest BCUT2D eigenvalue weighted by Gasteiger charge is -2.08. The van der Waals surface area contributed by atoms with Crippen molar-refractivity contribution in [2.24, 2.45) is 0 Å². The van der Waals surface area contributed by atoms with E-state index in [2.05, 4.69) is 10.6 Å². The van der Waals surface area contributed by atoms with Gasteiger partial charge in [0.15, 0.2) is 0 Å². The van der Waals surface area contributed by atoms with Gasteiger partial charge in [0.25, 0.3) is 5.91 Å². The first-order valence-corrected chi connectivity index (χ1v) is 6.69. The fraction of sp³-hybridized carbons (Fsp3) is 0.429. The van der Waals surface area contributed by atoms with E-state index >= 15 is 0 Å². The van der Waals surface area contributed by atoms with E-state index in [1.54, 1.807) is 0 Å². The third kappa shape index (κ3) is 3.94. The molecule has 1 fully saturated rings. The summed E-state index contributed by atoms with van der Waals surface area (Å²) in [7, 11) is 0. The molecule has 0 aromatic heterocycles. The normalized spacial score (nSPS) is 13.8. The zero-order valence-electron chi connectivity index (χ0n) is 11.1. The van der Waals surface area contributed by atoms with Gasteiger partial charge in [0, 0.05) is 19.0 Å². The Labute approximate surface area is 116 Å². The van der Waals surface area contributed by atoms with Crippen molar-refractivity contribution in [3.63, 3.8) is 0 Å². The van der Waals surface area contributed by atoms with Gasteiger partial charge in [0.2, 0.25) is 5.91 Å². The molecule has 1 aliphatic carbocycles. The highest BCUT2D eigenvalue weighted by Crippen LogP contribution is 2.18. The summed E-state index contributed by atoms with van der Waals surface area (Å²) in [5.74, 6) is -1.03. The maximum atomic E-state index is 13.2. The molecule has 0 heterocycles. The van der Waals surface area contributed by atoms with E-state index < -0.39 is 11.7 Å². The number of benzene rings is 1. The van der Waals surface area contributed by atoms with Crippen LogP contribution >= 0.6 is 0 Å². The van der Waals surface area contributed by atoms with Gasteiger partial charge in [0.05, 0.1) is 11.3 Å². The molecular formula is C14H18FN3O2. The summed E-state index contributed by atoms with van der Waals surface area (Å²) in [4.78, 5) is 23.2. The molecule has 2 amide bonds. The Morgan fingerprint density at radius 3 is 2.80 bits per heavy atom. The average Bonchev–Trinajstić information content (AvgIpc) is 3.21. The summed E-state index contributed by atoms with van der Waals surface area (Å²) >= 11 is 0. The van der Waals surface area contributed by atoms with E-state index in [1.165, 1.54) is 18.2 Å². The van der Waals surface area contributed by atoms with Crippen molar-refractivity contribution >= 4 is 17.5 Å². The van der Waals surface area contributed by atoms with Crippen LogP contribution in [0.15, 0.2) is 18.2 Å². The van der Waals surface area contributed by atoms with Crippen LogP contribution < -0.4 is 16.4 Å². The Balaban J connectivity index is 1.71. The van der Waals surface area contributed by atoms with E-state index in [0.29, 0.717) is 25.4 Å². The molecule has 0 saturated heterocycles. The smallest absolute Gasteiger partial charge is 0.253 e. The molecule has 0 spiro atoms. The van der Waals surface area contributed by atoms with Gasteiger partial charge in [-0.2, -0.15) is 0 Å². The number of halogens is 1. The molecule has 1 aromatic carbocycles. The number of nitrogens with two attached hydrogens (primary N) is 1. The highest BCUT2D eigenvalue weighted by Gasteiger charge is 2.22. The fourth-order valence-electron chi connectivity index (χ4n) is 1.81. The average molecular weight is 279 g/mol. The fourth-order valence-corrected chi connectivity index (χ4v) is 1.81. The zero-order valence-corrected chi connectivity index (χ0v) is 11.1. The van der Waals surface area contributed by atoms with Crippen LogP contribution in [0, 0.1) is 5.82 Å². The second-order valence-electron chi connectivity index (χ2n) is 4.90. The summed E-state index contributed by atoms with van der Waals surface area (Å²) in [5, 5.41) is 5.49. The van der Waals surface area contributed by atoms with Crippen LogP contribution in [-0.2, 0) is 4.79 Å². The van der Waals surface area contributed by atoms with Gasteiger partial charge in [-0.25, -0.2) is 4.39 Å². The monoisotopic (exact) mass is 279 g/mol. The molecule has 1 aromatic rings. The third-order valence-corrected chi connectivity index (χ3v) is 3.11. The third-order valence-electron chi connectivity index (χ3n) is 3.11. The molecule has 0 atom stereocenters. The van der Waals surface area contributed by atoms with Crippen molar-refractivity contribution in [2.45, 2.75) is 31.7 Å². The van der Waals surface area contributed by atoms with Gasteiger partial charge >= 0.3 is 0 Å². The standard InChI is InChI=1S/C14H18FN3O2/c15-11-4-1-3-10(13(11)16)14(20)17-8-2-5-12(19)18-9-6-7-9/h1,3-4,9H,2,5-8,16H2,(H,17,20)(H,18,19). The Morgan fingerprint density at radius 1 is 1.35 bits per heavy atom. The van der Waals surface area contributed by atoms with Gasteiger partial charge in [-0.1, -0.05) is 6.07 Å². The first kappa shape index (κ1) is 14.3. The Hall–Kier alpha value is -2.11. The molecule has 5 nitrogen and oxygen atoms in total. The van der Waals surface area contributed by atoms with Crippen molar-refractivity contribution in [1.29, 1.82) is 0 Å². The number of hydrogen-bond acceptors (Lipinski definition) is 3. The maximum absolute atomic E-state index is 13.2.